The monoisotopic (exact) mass is 559 g/mol. The van der Waals surface area contributed by atoms with E-state index in [1.165, 1.54) is 5.56 Å². The number of carbonyl (C=O) groups is 2. The van der Waals surface area contributed by atoms with Crippen LogP contribution in [-0.4, -0.2) is 86.7 Å². The molecule has 0 bridgehead atoms. The zero-order valence-electron chi connectivity index (χ0n) is 23.8. The van der Waals surface area contributed by atoms with E-state index in [9.17, 15) is 9.59 Å². The molecule has 39 heavy (non-hydrogen) atoms. The summed E-state index contributed by atoms with van der Waals surface area (Å²) in [6, 6.07) is 13.2. The average molecular weight is 560 g/mol. The number of benzene rings is 2. The summed E-state index contributed by atoms with van der Waals surface area (Å²) in [4.78, 5) is 30.2. The summed E-state index contributed by atoms with van der Waals surface area (Å²) in [5, 5.41) is 2.82. The van der Waals surface area contributed by atoms with E-state index < -0.39 is 17.7 Å². The van der Waals surface area contributed by atoms with Crippen LogP contribution in [0.4, 0.5) is 4.79 Å². The zero-order chi connectivity index (χ0) is 28.4. The van der Waals surface area contributed by atoms with Crippen LogP contribution in [0.3, 0.4) is 0 Å². The van der Waals surface area contributed by atoms with Crippen molar-refractivity contribution in [1.29, 1.82) is 0 Å². The summed E-state index contributed by atoms with van der Waals surface area (Å²) in [6.07, 6.45) is -0.583. The van der Waals surface area contributed by atoms with Gasteiger partial charge in [0.25, 0.3) is 0 Å². The van der Waals surface area contributed by atoms with Gasteiger partial charge in [-0.1, -0.05) is 36.4 Å². The maximum absolute atomic E-state index is 13.5. The van der Waals surface area contributed by atoms with Gasteiger partial charge >= 0.3 is 6.09 Å². The Hall–Kier alpha value is -3.11. The maximum Gasteiger partial charge on any atom is 0.408 e. The van der Waals surface area contributed by atoms with E-state index in [4.69, 9.17) is 18.9 Å². The van der Waals surface area contributed by atoms with Crippen molar-refractivity contribution in [2.75, 3.05) is 53.3 Å². The molecule has 1 atom stereocenters. The number of nitrogens with one attached hydrogen (secondary N) is 1. The van der Waals surface area contributed by atoms with Crippen LogP contribution in [0.2, 0.25) is 0 Å². The molecule has 10 heteroatoms. The first-order chi connectivity index (χ1) is 18.6. The predicted octanol–water partition coefficient (Wildman–Crippen LogP) is 4.18. The number of piperazine rings is 1. The van der Waals surface area contributed by atoms with E-state index in [1.807, 2.05) is 35.2 Å². The van der Waals surface area contributed by atoms with Gasteiger partial charge in [-0.05, 0) is 32.4 Å². The molecule has 1 fully saturated rings. The first-order valence-corrected chi connectivity index (χ1v) is 14.2. The summed E-state index contributed by atoms with van der Waals surface area (Å²) in [5.74, 6) is 2.94. The molecular formula is C29H41N3O6S. The quantitative estimate of drug-likeness (QED) is 0.439. The number of thioether (sulfide) groups is 1. The van der Waals surface area contributed by atoms with E-state index >= 15 is 0 Å². The molecule has 1 heterocycles. The minimum absolute atomic E-state index is 0.0928. The number of ether oxygens (including phenoxy) is 4. The maximum atomic E-state index is 13.5. The van der Waals surface area contributed by atoms with Crippen LogP contribution in [0.5, 0.6) is 17.2 Å². The van der Waals surface area contributed by atoms with E-state index in [2.05, 4.69) is 22.3 Å². The predicted molar refractivity (Wildman–Crippen MR) is 154 cm³/mol. The smallest absolute Gasteiger partial charge is 0.408 e. The van der Waals surface area contributed by atoms with E-state index in [0.717, 1.165) is 11.3 Å². The average Bonchev–Trinajstić information content (AvgIpc) is 2.91. The third-order valence-corrected chi connectivity index (χ3v) is 7.36. The standard InChI is InChI=1S/C29H41N3O6S/c1-29(2,3)38-28(34)30-23(20-39-19-21-10-8-7-9-11-21)27(33)32-16-14-31(15-17-32)18-22-12-13-24(35-4)26(37-6)25(22)36-5/h7-13,23H,14-20H2,1-6H3,(H,30,34)/t23-/m0/s1. The Bertz CT molecular complexity index is 1080. The highest BCUT2D eigenvalue weighted by Gasteiger charge is 2.30. The number of carbonyl (C=O) groups excluding carboxylic acids is 2. The number of methoxy groups -OCH3 is 3. The molecule has 1 aliphatic rings. The van der Waals surface area contributed by atoms with Gasteiger partial charge in [0.15, 0.2) is 11.5 Å². The lowest BCUT2D eigenvalue weighted by Crippen LogP contribution is -2.56. The molecule has 1 aliphatic heterocycles. The Balaban J connectivity index is 1.62. The molecule has 9 nitrogen and oxygen atoms in total. The fourth-order valence-corrected chi connectivity index (χ4v) is 5.38. The Morgan fingerprint density at radius 1 is 0.923 bits per heavy atom. The lowest BCUT2D eigenvalue weighted by atomic mass is 10.1. The lowest BCUT2D eigenvalue weighted by Gasteiger charge is -2.36. The van der Waals surface area contributed by atoms with Crippen molar-refractivity contribution in [2.24, 2.45) is 0 Å². The number of alkyl carbamates (subject to hydrolysis) is 1. The second-order valence-corrected chi connectivity index (χ2v) is 11.3. The minimum Gasteiger partial charge on any atom is -0.493 e. The number of amides is 2. The topological polar surface area (TPSA) is 89.6 Å². The van der Waals surface area contributed by atoms with Crippen molar-refractivity contribution in [2.45, 2.75) is 44.7 Å². The van der Waals surface area contributed by atoms with Crippen molar-refractivity contribution in [3.63, 3.8) is 0 Å². The summed E-state index contributed by atoms with van der Waals surface area (Å²) >= 11 is 1.62. The molecule has 214 valence electrons. The van der Waals surface area contributed by atoms with Gasteiger partial charge in [0.1, 0.15) is 11.6 Å². The van der Waals surface area contributed by atoms with Gasteiger partial charge in [-0.25, -0.2) is 4.79 Å². The minimum atomic E-state index is -0.675. The second-order valence-electron chi connectivity index (χ2n) is 10.3. The molecule has 2 amide bonds. The third-order valence-electron chi connectivity index (χ3n) is 6.25. The molecule has 0 aromatic heterocycles. The number of hydrogen-bond acceptors (Lipinski definition) is 8. The molecule has 2 aromatic rings. The second kappa shape index (κ2) is 14.3. The zero-order valence-corrected chi connectivity index (χ0v) is 24.6. The van der Waals surface area contributed by atoms with Gasteiger partial charge in [0.2, 0.25) is 11.7 Å². The van der Waals surface area contributed by atoms with E-state index in [-0.39, 0.29) is 5.91 Å². The van der Waals surface area contributed by atoms with Crippen molar-refractivity contribution in [3.8, 4) is 17.2 Å². The summed E-state index contributed by atoms with van der Waals surface area (Å²) in [5.41, 5.74) is 1.51. The molecule has 2 aromatic carbocycles. The van der Waals surface area contributed by atoms with Crippen LogP contribution in [0.25, 0.3) is 0 Å². The van der Waals surface area contributed by atoms with Gasteiger partial charge < -0.3 is 29.2 Å². The van der Waals surface area contributed by atoms with Crippen LogP contribution < -0.4 is 19.5 Å². The number of rotatable bonds is 11. The molecule has 0 unspecified atom stereocenters. The van der Waals surface area contributed by atoms with Gasteiger partial charge in [-0.15, -0.1) is 0 Å². The highest BCUT2D eigenvalue weighted by molar-refractivity contribution is 7.98. The Labute approximate surface area is 236 Å². The van der Waals surface area contributed by atoms with Gasteiger partial charge in [-0.2, -0.15) is 11.8 Å². The van der Waals surface area contributed by atoms with Crippen LogP contribution in [-0.2, 0) is 21.8 Å². The first-order valence-electron chi connectivity index (χ1n) is 13.0. The molecule has 1 saturated heterocycles. The molecule has 0 spiro atoms. The van der Waals surface area contributed by atoms with Gasteiger partial charge in [0, 0.05) is 49.8 Å². The Morgan fingerprint density at radius 3 is 2.18 bits per heavy atom. The van der Waals surface area contributed by atoms with E-state index in [1.54, 1.807) is 53.9 Å². The molecule has 1 N–H and O–H groups in total. The number of nitrogens with zero attached hydrogens (tertiary/aromatic N) is 2. The summed E-state index contributed by atoms with van der Waals surface area (Å²) in [7, 11) is 4.80. The summed E-state index contributed by atoms with van der Waals surface area (Å²) in [6.45, 7) is 8.58. The number of hydrogen-bond donors (Lipinski definition) is 1. The highest BCUT2D eigenvalue weighted by Crippen LogP contribution is 2.40. The van der Waals surface area contributed by atoms with Crippen molar-refractivity contribution < 1.29 is 28.5 Å². The highest BCUT2D eigenvalue weighted by atomic mass is 32.2. The molecular weight excluding hydrogens is 518 g/mol. The van der Waals surface area contributed by atoms with Crippen LogP contribution in [0.1, 0.15) is 31.9 Å². The van der Waals surface area contributed by atoms with Crippen molar-refractivity contribution in [3.05, 3.63) is 53.6 Å². The van der Waals surface area contributed by atoms with Crippen LogP contribution >= 0.6 is 11.8 Å². The van der Waals surface area contributed by atoms with Crippen LogP contribution in [0, 0.1) is 0 Å². The van der Waals surface area contributed by atoms with Crippen molar-refractivity contribution in [1.82, 2.24) is 15.1 Å². The first kappa shape index (κ1) is 30.4. The fourth-order valence-electron chi connectivity index (χ4n) is 4.37. The van der Waals surface area contributed by atoms with Gasteiger partial charge in [0.05, 0.1) is 21.3 Å². The van der Waals surface area contributed by atoms with E-state index in [0.29, 0.717) is 55.7 Å². The SMILES string of the molecule is COc1ccc(CN2CCN(C(=O)[C@H](CSCc3ccccc3)NC(=O)OC(C)(C)C)CC2)c(OC)c1OC. The lowest BCUT2D eigenvalue weighted by molar-refractivity contribution is -0.134. The largest absolute Gasteiger partial charge is 0.493 e. The molecule has 3 rings (SSSR count). The Kier molecular flexibility index (Phi) is 11.2. The molecule has 0 aliphatic carbocycles. The normalized spacial score (nSPS) is 14.9. The van der Waals surface area contributed by atoms with Crippen LogP contribution in [0.15, 0.2) is 42.5 Å². The fraction of sp³-hybridized carbons (Fsp3) is 0.517. The van der Waals surface area contributed by atoms with Gasteiger partial charge in [-0.3, -0.25) is 9.69 Å². The molecule has 0 saturated carbocycles. The molecule has 0 radical (unpaired) electrons. The summed E-state index contributed by atoms with van der Waals surface area (Å²) < 4.78 is 22.0. The third kappa shape index (κ3) is 8.96. The van der Waals surface area contributed by atoms with Crippen molar-refractivity contribution >= 4 is 23.8 Å². The Morgan fingerprint density at radius 2 is 1.59 bits per heavy atom.